The molecule has 5 rings (SSSR count). The van der Waals surface area contributed by atoms with Crippen LogP contribution in [0, 0.1) is 5.82 Å². The van der Waals surface area contributed by atoms with Crippen molar-refractivity contribution in [2.45, 2.75) is 12.6 Å². The minimum Gasteiger partial charge on any atom is -0.454 e. The summed E-state index contributed by atoms with van der Waals surface area (Å²) in [4.78, 5) is 0. The summed E-state index contributed by atoms with van der Waals surface area (Å²) in [5.74, 6) is 1.99. The van der Waals surface area contributed by atoms with Gasteiger partial charge in [-0.15, -0.1) is 22.6 Å². The Morgan fingerprint density at radius 3 is 2.48 bits per heavy atom. The van der Waals surface area contributed by atoms with E-state index in [1.807, 2.05) is 48.5 Å². The fourth-order valence-electron chi connectivity index (χ4n) is 3.32. The van der Waals surface area contributed by atoms with Gasteiger partial charge in [0, 0.05) is 12.1 Å². The van der Waals surface area contributed by atoms with Crippen molar-refractivity contribution in [1.29, 1.82) is 0 Å². The molecule has 0 amide bonds. The van der Waals surface area contributed by atoms with Crippen LogP contribution >= 0.6 is 12.4 Å². The lowest BCUT2D eigenvalue weighted by Crippen LogP contribution is -2.22. The fraction of sp³-hybridized carbons (Fsp3) is 0.130. The van der Waals surface area contributed by atoms with Crippen molar-refractivity contribution in [2.75, 3.05) is 6.79 Å². The molecule has 31 heavy (non-hydrogen) atoms. The maximum absolute atomic E-state index is 13.5. The second kappa shape index (κ2) is 9.16. The number of aromatic nitrogens is 2. The highest BCUT2D eigenvalue weighted by Gasteiger charge is 2.22. The van der Waals surface area contributed by atoms with Gasteiger partial charge in [0.15, 0.2) is 11.5 Å². The van der Waals surface area contributed by atoms with Gasteiger partial charge in [-0.3, -0.25) is 5.32 Å². The molecule has 2 heterocycles. The van der Waals surface area contributed by atoms with Gasteiger partial charge in [0.05, 0.1) is 0 Å². The van der Waals surface area contributed by atoms with Crippen molar-refractivity contribution in [3.63, 3.8) is 0 Å². The van der Waals surface area contributed by atoms with Crippen molar-refractivity contribution in [3.8, 4) is 23.0 Å². The molecule has 3 aromatic carbocycles. The predicted octanol–water partition coefficient (Wildman–Crippen LogP) is 4.91. The average Bonchev–Trinajstić information content (AvgIpc) is 3.45. The Morgan fingerprint density at radius 2 is 1.68 bits per heavy atom. The predicted molar refractivity (Wildman–Crippen MR) is 115 cm³/mol. The average molecular weight is 440 g/mol. The molecule has 1 unspecified atom stereocenters. The van der Waals surface area contributed by atoms with E-state index in [-0.39, 0.29) is 25.0 Å². The van der Waals surface area contributed by atoms with Crippen LogP contribution in [0.2, 0.25) is 0 Å². The van der Waals surface area contributed by atoms with Gasteiger partial charge in [0.25, 0.3) is 0 Å². The van der Waals surface area contributed by atoms with Crippen LogP contribution in [0.25, 0.3) is 11.5 Å². The molecule has 1 aliphatic heterocycles. The Hall–Kier alpha value is -3.42. The highest BCUT2D eigenvalue weighted by Crippen LogP contribution is 2.33. The summed E-state index contributed by atoms with van der Waals surface area (Å²) in [5, 5.41) is 11.9. The molecule has 0 spiro atoms. The van der Waals surface area contributed by atoms with Gasteiger partial charge in [-0.05, 0) is 47.5 Å². The van der Waals surface area contributed by atoms with Gasteiger partial charge in [-0.2, -0.15) is 0 Å². The molecule has 1 aliphatic rings. The third-order valence-electron chi connectivity index (χ3n) is 4.86. The molecule has 0 aliphatic carbocycles. The quantitative estimate of drug-likeness (QED) is 0.460. The number of ether oxygens (including phenoxy) is 2. The minimum atomic E-state index is -0.402. The van der Waals surface area contributed by atoms with Crippen molar-refractivity contribution in [1.82, 2.24) is 15.5 Å². The van der Waals surface area contributed by atoms with Gasteiger partial charge in [-0.1, -0.05) is 36.4 Å². The third kappa shape index (κ3) is 4.52. The number of rotatable bonds is 6. The molecule has 0 saturated heterocycles. The first-order valence-electron chi connectivity index (χ1n) is 9.52. The van der Waals surface area contributed by atoms with E-state index in [0.29, 0.717) is 18.3 Å². The second-order valence-corrected chi connectivity index (χ2v) is 6.86. The highest BCUT2D eigenvalue weighted by molar-refractivity contribution is 5.85. The number of benzene rings is 3. The van der Waals surface area contributed by atoms with Gasteiger partial charge in [-0.25, -0.2) is 4.39 Å². The molecule has 4 aromatic rings. The Morgan fingerprint density at radius 1 is 0.903 bits per heavy atom. The van der Waals surface area contributed by atoms with Crippen LogP contribution in [-0.4, -0.2) is 17.0 Å². The van der Waals surface area contributed by atoms with Gasteiger partial charge in [0.2, 0.25) is 18.6 Å². The van der Waals surface area contributed by atoms with E-state index in [4.69, 9.17) is 13.9 Å². The van der Waals surface area contributed by atoms with Crippen LogP contribution in [0.1, 0.15) is 23.1 Å². The standard InChI is InChI=1S/C23H18FN3O3.ClH/c24-18-9-7-16(8-10-18)21(23-27-26-22(30-23)17-4-2-1-3-5-17)25-13-15-6-11-19-20(12-15)29-14-28-19;/h1-12,21,25H,13-14H2;1H. The van der Waals surface area contributed by atoms with E-state index >= 15 is 0 Å². The van der Waals surface area contributed by atoms with E-state index in [1.54, 1.807) is 12.1 Å². The maximum atomic E-state index is 13.5. The van der Waals surface area contributed by atoms with Crippen molar-refractivity contribution in [2.24, 2.45) is 0 Å². The van der Waals surface area contributed by atoms with E-state index in [0.717, 1.165) is 28.2 Å². The number of halogens is 2. The number of nitrogens with one attached hydrogen (secondary N) is 1. The molecular weight excluding hydrogens is 421 g/mol. The van der Waals surface area contributed by atoms with Gasteiger partial charge < -0.3 is 13.9 Å². The molecule has 1 N–H and O–H groups in total. The topological polar surface area (TPSA) is 69.4 Å². The van der Waals surface area contributed by atoms with Crippen LogP contribution < -0.4 is 14.8 Å². The molecule has 158 valence electrons. The smallest absolute Gasteiger partial charge is 0.247 e. The highest BCUT2D eigenvalue weighted by atomic mass is 35.5. The van der Waals surface area contributed by atoms with Crippen LogP contribution in [-0.2, 0) is 6.54 Å². The summed E-state index contributed by atoms with van der Waals surface area (Å²) in [5.41, 5.74) is 2.67. The Kier molecular flexibility index (Phi) is 6.16. The Labute approximate surface area is 184 Å². The van der Waals surface area contributed by atoms with Crippen LogP contribution in [0.3, 0.4) is 0 Å². The van der Waals surface area contributed by atoms with E-state index in [9.17, 15) is 4.39 Å². The minimum absolute atomic E-state index is 0. The first kappa shape index (κ1) is 20.8. The van der Waals surface area contributed by atoms with Crippen molar-refractivity contribution < 1.29 is 18.3 Å². The molecule has 0 saturated carbocycles. The summed E-state index contributed by atoms with van der Waals surface area (Å²) >= 11 is 0. The first-order valence-corrected chi connectivity index (χ1v) is 9.52. The van der Waals surface area contributed by atoms with E-state index in [2.05, 4.69) is 15.5 Å². The van der Waals surface area contributed by atoms with E-state index in [1.165, 1.54) is 12.1 Å². The van der Waals surface area contributed by atoms with Crippen LogP contribution in [0.5, 0.6) is 11.5 Å². The summed E-state index contributed by atoms with van der Waals surface area (Å²) in [6.45, 7) is 0.746. The van der Waals surface area contributed by atoms with Crippen LogP contribution in [0.15, 0.2) is 77.2 Å². The molecule has 0 fully saturated rings. The summed E-state index contributed by atoms with van der Waals surface area (Å²) in [7, 11) is 0. The lowest BCUT2D eigenvalue weighted by Gasteiger charge is -2.16. The molecule has 6 nitrogen and oxygen atoms in total. The molecule has 0 radical (unpaired) electrons. The molecule has 1 aromatic heterocycles. The lowest BCUT2D eigenvalue weighted by molar-refractivity contribution is 0.174. The lowest BCUT2D eigenvalue weighted by atomic mass is 10.1. The zero-order valence-corrected chi connectivity index (χ0v) is 17.1. The second-order valence-electron chi connectivity index (χ2n) is 6.86. The first-order chi connectivity index (χ1) is 14.8. The number of hydrogen-bond acceptors (Lipinski definition) is 6. The molecular formula is C23H19ClFN3O3. The number of fused-ring (bicyclic) bond motifs is 1. The van der Waals surface area contributed by atoms with Crippen molar-refractivity contribution >= 4 is 12.4 Å². The normalized spacial score (nSPS) is 12.9. The van der Waals surface area contributed by atoms with Gasteiger partial charge in [0.1, 0.15) is 11.9 Å². The number of hydrogen-bond donors (Lipinski definition) is 1. The van der Waals surface area contributed by atoms with Crippen LogP contribution in [0.4, 0.5) is 4.39 Å². The number of nitrogens with zero attached hydrogens (tertiary/aromatic N) is 2. The summed E-state index contributed by atoms with van der Waals surface area (Å²) in [6, 6.07) is 21.2. The maximum Gasteiger partial charge on any atom is 0.247 e. The third-order valence-corrected chi connectivity index (χ3v) is 4.86. The van der Waals surface area contributed by atoms with Crippen molar-refractivity contribution in [3.05, 3.63) is 95.6 Å². The Balaban J connectivity index is 0.00000231. The molecule has 0 bridgehead atoms. The SMILES string of the molecule is Cl.Fc1ccc(C(NCc2ccc3c(c2)OCO3)c2nnc(-c3ccccc3)o2)cc1. The Bertz CT molecular complexity index is 1150. The molecule has 1 atom stereocenters. The molecule has 8 heteroatoms. The largest absolute Gasteiger partial charge is 0.454 e. The zero-order valence-electron chi connectivity index (χ0n) is 16.3. The monoisotopic (exact) mass is 439 g/mol. The van der Waals surface area contributed by atoms with E-state index < -0.39 is 6.04 Å². The zero-order chi connectivity index (χ0) is 20.3. The van der Waals surface area contributed by atoms with Gasteiger partial charge >= 0.3 is 0 Å². The summed E-state index contributed by atoms with van der Waals surface area (Å²) in [6.07, 6.45) is 0. The fourth-order valence-corrected chi connectivity index (χ4v) is 3.32. The summed E-state index contributed by atoms with van der Waals surface area (Å²) < 4.78 is 30.2.